The molecule has 1 saturated heterocycles. The summed E-state index contributed by atoms with van der Waals surface area (Å²) in [7, 11) is 0. The summed E-state index contributed by atoms with van der Waals surface area (Å²) in [5, 5.41) is 16.9. The number of amides is 1. The molecule has 1 aliphatic heterocycles. The average molecular weight is 528 g/mol. The maximum atomic E-state index is 14.1. The molecule has 8 nitrogen and oxygen atoms in total. The van der Waals surface area contributed by atoms with Gasteiger partial charge in [0.05, 0.1) is 28.2 Å². The third kappa shape index (κ3) is 6.19. The number of hydrogen-bond donors (Lipinski definition) is 3. The van der Waals surface area contributed by atoms with Gasteiger partial charge in [-0.3, -0.25) is 4.79 Å². The van der Waals surface area contributed by atoms with E-state index in [0.29, 0.717) is 46.3 Å². The van der Waals surface area contributed by atoms with Gasteiger partial charge in [-0.1, -0.05) is 0 Å². The minimum absolute atomic E-state index is 0.0835. The largest absolute Gasteiger partial charge is 0.488 e. The predicted molar refractivity (Wildman–Crippen MR) is 143 cm³/mol. The average Bonchev–Trinajstić information content (AvgIpc) is 3.53. The van der Waals surface area contributed by atoms with Gasteiger partial charge in [0, 0.05) is 12.6 Å². The fourth-order valence-electron chi connectivity index (χ4n) is 5.14. The molecule has 3 N–H and O–H groups in total. The molecular formula is C27H34FN5O3S. The van der Waals surface area contributed by atoms with E-state index in [4.69, 9.17) is 4.74 Å². The Bertz CT molecular complexity index is 1240. The van der Waals surface area contributed by atoms with Crippen LogP contribution in [0.1, 0.15) is 60.2 Å². The minimum atomic E-state index is -0.389. The van der Waals surface area contributed by atoms with Crippen molar-refractivity contribution in [1.82, 2.24) is 20.2 Å². The summed E-state index contributed by atoms with van der Waals surface area (Å²) >= 11 is 1.35. The number of nitrogens with zero attached hydrogens (tertiary/aromatic N) is 3. The molecular weight excluding hydrogens is 493 g/mol. The number of aryl methyl sites for hydroxylation is 1. The molecule has 2 aromatic heterocycles. The third-order valence-electron chi connectivity index (χ3n) is 7.20. The number of thiophene rings is 1. The first-order valence-corrected chi connectivity index (χ1v) is 14.0. The maximum absolute atomic E-state index is 14.1. The van der Waals surface area contributed by atoms with Gasteiger partial charge in [0.25, 0.3) is 5.91 Å². The van der Waals surface area contributed by atoms with Crippen molar-refractivity contribution in [3.05, 3.63) is 40.8 Å². The smallest absolute Gasteiger partial charge is 0.261 e. The Morgan fingerprint density at radius 1 is 1.22 bits per heavy atom. The van der Waals surface area contributed by atoms with Crippen molar-refractivity contribution in [2.75, 3.05) is 31.5 Å². The summed E-state index contributed by atoms with van der Waals surface area (Å²) in [6.07, 6.45) is 7.32. The zero-order valence-electron chi connectivity index (χ0n) is 21.1. The highest BCUT2D eigenvalue weighted by atomic mass is 32.1. The molecule has 2 fully saturated rings. The van der Waals surface area contributed by atoms with Crippen LogP contribution in [-0.2, 0) is 0 Å². The number of anilines is 2. The van der Waals surface area contributed by atoms with Crippen molar-refractivity contribution in [1.29, 1.82) is 0 Å². The van der Waals surface area contributed by atoms with E-state index < -0.39 is 0 Å². The molecule has 0 unspecified atom stereocenters. The Hall–Kier alpha value is -2.82. The number of rotatable bonds is 9. The molecule has 37 heavy (non-hydrogen) atoms. The number of aliphatic hydroxyl groups is 1. The van der Waals surface area contributed by atoms with Crippen LogP contribution in [0.15, 0.2) is 24.5 Å². The first-order valence-electron chi connectivity index (χ1n) is 13.1. The second-order valence-corrected chi connectivity index (χ2v) is 10.9. The molecule has 3 aromatic rings. The number of nitrogens with one attached hydrogen (secondary N) is 2. The summed E-state index contributed by atoms with van der Waals surface area (Å²) in [6.45, 7) is 5.86. The van der Waals surface area contributed by atoms with Crippen LogP contribution in [0.4, 0.5) is 15.9 Å². The second kappa shape index (κ2) is 11.7. The van der Waals surface area contributed by atoms with E-state index >= 15 is 0 Å². The standard InChI is InChI=1S/C27H34FN5O3S/c1-17-23-25(32-21-10-5-18(28)15-22(21)36-20-8-6-19(34)7-9-20)30-16-31-27(23)37-24(17)26(35)29-11-4-14-33-12-2-3-13-33/h5,10,15-16,19-20,34H,2-4,6-9,11-14H2,1H3,(H,29,35)(H,30,31,32)/t19-,20-. The van der Waals surface area contributed by atoms with Gasteiger partial charge < -0.3 is 25.4 Å². The first-order chi connectivity index (χ1) is 18.0. The lowest BCUT2D eigenvalue weighted by molar-refractivity contribution is 0.0668. The Labute approximate surface area is 220 Å². The Morgan fingerprint density at radius 3 is 2.78 bits per heavy atom. The highest BCUT2D eigenvalue weighted by molar-refractivity contribution is 7.20. The van der Waals surface area contributed by atoms with E-state index in [0.717, 1.165) is 49.8 Å². The zero-order valence-corrected chi connectivity index (χ0v) is 22.0. The lowest BCUT2D eigenvalue weighted by Gasteiger charge is -2.27. The molecule has 0 bridgehead atoms. The number of aromatic nitrogens is 2. The second-order valence-electron chi connectivity index (χ2n) is 9.93. The molecule has 2 aliphatic rings. The fourth-order valence-corrected chi connectivity index (χ4v) is 6.21. The lowest BCUT2D eigenvalue weighted by Crippen LogP contribution is -2.28. The molecule has 1 saturated carbocycles. The molecule has 0 atom stereocenters. The molecule has 1 aliphatic carbocycles. The van der Waals surface area contributed by atoms with Gasteiger partial charge in [0.1, 0.15) is 28.5 Å². The summed E-state index contributed by atoms with van der Waals surface area (Å²) < 4.78 is 20.3. The fraction of sp³-hybridized carbons (Fsp3) is 0.519. The van der Waals surface area contributed by atoms with Gasteiger partial charge in [0.15, 0.2) is 0 Å². The van der Waals surface area contributed by atoms with E-state index in [9.17, 15) is 14.3 Å². The molecule has 1 aromatic carbocycles. The van der Waals surface area contributed by atoms with Crippen LogP contribution < -0.4 is 15.4 Å². The molecule has 198 valence electrons. The van der Waals surface area contributed by atoms with Crippen LogP contribution >= 0.6 is 11.3 Å². The van der Waals surface area contributed by atoms with Crippen LogP contribution in [0.2, 0.25) is 0 Å². The number of halogens is 1. The number of hydrogen-bond acceptors (Lipinski definition) is 8. The predicted octanol–water partition coefficient (Wildman–Crippen LogP) is 4.78. The van der Waals surface area contributed by atoms with E-state index in [-0.39, 0.29) is 23.9 Å². The highest BCUT2D eigenvalue weighted by Crippen LogP contribution is 2.37. The zero-order chi connectivity index (χ0) is 25.8. The molecule has 5 rings (SSSR count). The van der Waals surface area contributed by atoms with Crippen molar-refractivity contribution in [2.45, 2.75) is 64.1 Å². The van der Waals surface area contributed by atoms with Crippen molar-refractivity contribution in [3.8, 4) is 5.75 Å². The van der Waals surface area contributed by atoms with E-state index in [1.165, 1.54) is 42.6 Å². The van der Waals surface area contributed by atoms with Crippen molar-refractivity contribution in [2.24, 2.45) is 0 Å². The van der Waals surface area contributed by atoms with E-state index in [1.807, 2.05) is 6.92 Å². The van der Waals surface area contributed by atoms with Gasteiger partial charge >= 0.3 is 0 Å². The molecule has 1 amide bonds. The number of ether oxygens (including phenoxy) is 1. The number of carbonyl (C=O) groups is 1. The monoisotopic (exact) mass is 527 g/mol. The van der Waals surface area contributed by atoms with Crippen LogP contribution in [-0.4, -0.2) is 64.3 Å². The van der Waals surface area contributed by atoms with E-state index in [2.05, 4.69) is 25.5 Å². The van der Waals surface area contributed by atoms with Crippen LogP contribution in [0.5, 0.6) is 5.75 Å². The summed E-state index contributed by atoms with van der Waals surface area (Å²) in [4.78, 5) is 25.6. The first kappa shape index (κ1) is 25.8. The number of carbonyl (C=O) groups excluding carboxylic acids is 1. The van der Waals surface area contributed by atoms with Crippen LogP contribution in [0, 0.1) is 12.7 Å². The summed E-state index contributed by atoms with van der Waals surface area (Å²) in [5.74, 6) is 0.456. The van der Waals surface area contributed by atoms with Gasteiger partial charge in [-0.25, -0.2) is 14.4 Å². The quantitative estimate of drug-likeness (QED) is 0.345. The Kier molecular flexibility index (Phi) is 8.17. The summed E-state index contributed by atoms with van der Waals surface area (Å²) in [5.41, 5.74) is 1.40. The minimum Gasteiger partial charge on any atom is -0.488 e. The van der Waals surface area contributed by atoms with Crippen LogP contribution in [0.3, 0.4) is 0 Å². The highest BCUT2D eigenvalue weighted by Gasteiger charge is 2.23. The number of fused-ring (bicyclic) bond motifs is 1. The molecule has 0 radical (unpaired) electrons. The van der Waals surface area contributed by atoms with E-state index in [1.54, 1.807) is 6.07 Å². The van der Waals surface area contributed by atoms with Crippen LogP contribution in [0.25, 0.3) is 10.2 Å². The lowest BCUT2D eigenvalue weighted by atomic mass is 9.95. The van der Waals surface area contributed by atoms with Crippen molar-refractivity contribution in [3.63, 3.8) is 0 Å². The number of aliphatic hydroxyl groups excluding tert-OH is 1. The normalized spacial score (nSPS) is 20.3. The molecule has 0 spiro atoms. The van der Waals surface area contributed by atoms with Gasteiger partial charge in [-0.15, -0.1) is 11.3 Å². The van der Waals surface area contributed by atoms with Gasteiger partial charge in [-0.05, 0) is 89.2 Å². The maximum Gasteiger partial charge on any atom is 0.261 e. The van der Waals surface area contributed by atoms with Crippen molar-refractivity contribution >= 4 is 39.0 Å². The SMILES string of the molecule is Cc1c(C(=O)NCCCN2CCCC2)sc2ncnc(Nc3ccc(F)cc3O[C@H]3CC[C@H](O)CC3)c12. The Balaban J connectivity index is 1.31. The van der Waals surface area contributed by atoms with Gasteiger partial charge in [0.2, 0.25) is 0 Å². The molecule has 10 heteroatoms. The van der Waals surface area contributed by atoms with Gasteiger partial charge in [-0.2, -0.15) is 0 Å². The number of likely N-dealkylation sites (tertiary alicyclic amines) is 1. The summed E-state index contributed by atoms with van der Waals surface area (Å²) in [6, 6.07) is 4.37. The Morgan fingerprint density at radius 2 is 2.00 bits per heavy atom. The molecule has 3 heterocycles. The number of benzene rings is 1. The third-order valence-corrected chi connectivity index (χ3v) is 8.40. The topological polar surface area (TPSA) is 99.6 Å². The van der Waals surface area contributed by atoms with Crippen molar-refractivity contribution < 1.29 is 19.0 Å².